The number of aliphatic hydroxyl groups excluding tert-OH is 1. The Morgan fingerprint density at radius 1 is 1.03 bits per heavy atom. The minimum absolute atomic E-state index is 0.204. The Labute approximate surface area is 185 Å². The van der Waals surface area contributed by atoms with Crippen LogP contribution in [0.25, 0.3) is 11.0 Å². The summed E-state index contributed by atoms with van der Waals surface area (Å²) in [5, 5.41) is 9.71. The number of rotatable bonds is 9. The molecule has 0 radical (unpaired) electrons. The lowest BCUT2D eigenvalue weighted by Crippen LogP contribution is -2.52. The van der Waals surface area contributed by atoms with Gasteiger partial charge in [0, 0.05) is 50.9 Å². The molecular weight excluding hydrogens is 388 g/mol. The molecule has 1 atom stereocenters. The summed E-state index contributed by atoms with van der Waals surface area (Å²) >= 11 is 0. The van der Waals surface area contributed by atoms with Gasteiger partial charge in [0.1, 0.15) is 11.6 Å². The number of piperazine rings is 1. The van der Waals surface area contributed by atoms with Crippen molar-refractivity contribution in [3.63, 3.8) is 0 Å². The fraction of sp³-hybridized carbons (Fsp3) is 0.480. The first-order valence-corrected chi connectivity index (χ1v) is 11.5. The maximum atomic E-state index is 9.71. The van der Waals surface area contributed by atoms with Crippen LogP contribution in [-0.4, -0.2) is 63.3 Å². The molecule has 4 rings (SSSR count). The third-order valence-corrected chi connectivity index (χ3v) is 6.21. The van der Waals surface area contributed by atoms with E-state index in [2.05, 4.69) is 57.7 Å². The lowest BCUT2D eigenvalue weighted by atomic mass is 10.1. The van der Waals surface area contributed by atoms with Crippen molar-refractivity contribution in [2.75, 3.05) is 32.8 Å². The molecule has 0 saturated carbocycles. The third kappa shape index (κ3) is 4.92. The van der Waals surface area contributed by atoms with Gasteiger partial charge in [-0.2, -0.15) is 0 Å². The Morgan fingerprint density at radius 3 is 2.65 bits per heavy atom. The van der Waals surface area contributed by atoms with Crippen LogP contribution in [-0.2, 0) is 19.6 Å². The molecule has 0 aliphatic carbocycles. The molecule has 2 heterocycles. The van der Waals surface area contributed by atoms with Crippen LogP contribution in [0.4, 0.5) is 0 Å². The Balaban J connectivity index is 1.47. The molecule has 166 valence electrons. The number of aryl methyl sites for hydroxylation is 1. The molecule has 1 aliphatic heterocycles. The van der Waals surface area contributed by atoms with Gasteiger partial charge in [0.2, 0.25) is 0 Å². The number of benzene rings is 2. The Bertz CT molecular complexity index is 987. The highest BCUT2D eigenvalue weighted by molar-refractivity contribution is 5.75. The van der Waals surface area contributed by atoms with Crippen LogP contribution in [0.5, 0.6) is 5.75 Å². The lowest BCUT2D eigenvalue weighted by Gasteiger charge is -2.41. The van der Waals surface area contributed by atoms with Crippen molar-refractivity contribution < 1.29 is 9.84 Å². The van der Waals surface area contributed by atoms with Gasteiger partial charge in [0.05, 0.1) is 24.2 Å². The van der Waals surface area contributed by atoms with E-state index in [1.54, 1.807) is 0 Å². The fourth-order valence-corrected chi connectivity index (χ4v) is 4.68. The first-order valence-electron chi connectivity index (χ1n) is 11.5. The highest BCUT2D eigenvalue weighted by atomic mass is 16.5. The molecule has 1 saturated heterocycles. The number of para-hydroxylation sites is 3. The van der Waals surface area contributed by atoms with E-state index in [0.29, 0.717) is 12.6 Å². The number of ether oxygens (including phenoxy) is 1. The molecule has 1 aromatic heterocycles. The van der Waals surface area contributed by atoms with Crippen LogP contribution in [0.3, 0.4) is 0 Å². The summed E-state index contributed by atoms with van der Waals surface area (Å²) in [7, 11) is 0. The van der Waals surface area contributed by atoms with Crippen LogP contribution in [0.1, 0.15) is 31.7 Å². The summed E-state index contributed by atoms with van der Waals surface area (Å²) in [6.07, 6.45) is 0.775. The van der Waals surface area contributed by atoms with Crippen LogP contribution < -0.4 is 4.74 Å². The van der Waals surface area contributed by atoms with Crippen molar-refractivity contribution >= 4 is 11.0 Å². The predicted molar refractivity (Wildman–Crippen MR) is 124 cm³/mol. The number of aliphatic hydroxyl groups is 1. The maximum Gasteiger partial charge on any atom is 0.124 e. The van der Waals surface area contributed by atoms with Crippen molar-refractivity contribution in [3.8, 4) is 5.75 Å². The number of imidazole rings is 1. The van der Waals surface area contributed by atoms with Crippen LogP contribution in [0, 0.1) is 0 Å². The highest BCUT2D eigenvalue weighted by Crippen LogP contribution is 2.24. The Kier molecular flexibility index (Phi) is 7.22. The number of hydrogen-bond donors (Lipinski definition) is 1. The average molecular weight is 423 g/mol. The average Bonchev–Trinajstić information content (AvgIpc) is 3.14. The largest absolute Gasteiger partial charge is 0.494 e. The van der Waals surface area contributed by atoms with Gasteiger partial charge in [-0.15, -0.1) is 0 Å². The smallest absolute Gasteiger partial charge is 0.124 e. The summed E-state index contributed by atoms with van der Waals surface area (Å²) in [5.41, 5.74) is 3.49. The third-order valence-electron chi connectivity index (χ3n) is 6.21. The van der Waals surface area contributed by atoms with Gasteiger partial charge in [0.25, 0.3) is 0 Å². The zero-order valence-corrected chi connectivity index (χ0v) is 18.7. The van der Waals surface area contributed by atoms with Crippen molar-refractivity contribution in [2.24, 2.45) is 0 Å². The summed E-state index contributed by atoms with van der Waals surface area (Å²) in [5.74, 6) is 2.09. The predicted octanol–water partition coefficient (Wildman–Crippen LogP) is 3.52. The molecule has 1 fully saturated rings. The molecule has 31 heavy (non-hydrogen) atoms. The van der Waals surface area contributed by atoms with E-state index < -0.39 is 0 Å². The van der Waals surface area contributed by atoms with E-state index in [9.17, 15) is 5.11 Å². The standard InChI is InChI=1S/C25H34N4O2/c1-3-29-23-11-7-6-10-22(23)26-25(29)19-27-14-15-28(21(18-27)13-16-30)17-20-9-5-8-12-24(20)31-4-2/h5-12,21,30H,3-4,13-19H2,1-2H3/t21-/m1/s1. The SMILES string of the molecule is CCOc1ccccc1CN1CCN(Cc2nc3ccccc3n2CC)C[C@H]1CCO. The first-order chi connectivity index (χ1) is 15.2. The normalized spacial score (nSPS) is 18.0. The van der Waals surface area contributed by atoms with Gasteiger partial charge in [0.15, 0.2) is 0 Å². The molecule has 0 bridgehead atoms. The minimum atomic E-state index is 0.204. The van der Waals surface area contributed by atoms with E-state index in [0.717, 1.165) is 62.8 Å². The summed E-state index contributed by atoms with van der Waals surface area (Å²) in [6, 6.07) is 17.0. The molecule has 1 N–H and O–H groups in total. The van der Waals surface area contributed by atoms with E-state index in [1.807, 2.05) is 19.1 Å². The monoisotopic (exact) mass is 422 g/mol. The van der Waals surface area contributed by atoms with Gasteiger partial charge in [-0.25, -0.2) is 4.98 Å². The van der Waals surface area contributed by atoms with Gasteiger partial charge in [-0.1, -0.05) is 30.3 Å². The number of aromatic nitrogens is 2. The van der Waals surface area contributed by atoms with E-state index >= 15 is 0 Å². The Morgan fingerprint density at radius 2 is 1.84 bits per heavy atom. The molecule has 0 unspecified atom stereocenters. The maximum absolute atomic E-state index is 9.71. The molecule has 6 heteroatoms. The second kappa shape index (κ2) is 10.3. The summed E-state index contributed by atoms with van der Waals surface area (Å²) < 4.78 is 8.15. The number of fused-ring (bicyclic) bond motifs is 1. The van der Waals surface area contributed by atoms with E-state index in [-0.39, 0.29) is 6.61 Å². The minimum Gasteiger partial charge on any atom is -0.494 e. The molecular formula is C25H34N4O2. The van der Waals surface area contributed by atoms with Crippen LogP contribution >= 0.6 is 0 Å². The molecule has 6 nitrogen and oxygen atoms in total. The number of hydrogen-bond acceptors (Lipinski definition) is 5. The van der Waals surface area contributed by atoms with Crippen molar-refractivity contribution in [3.05, 3.63) is 59.9 Å². The molecule has 0 amide bonds. The van der Waals surface area contributed by atoms with Gasteiger partial charge < -0.3 is 14.4 Å². The summed E-state index contributed by atoms with van der Waals surface area (Å²) in [4.78, 5) is 9.89. The van der Waals surface area contributed by atoms with Gasteiger partial charge in [-0.05, 0) is 38.5 Å². The van der Waals surface area contributed by atoms with Gasteiger partial charge in [-0.3, -0.25) is 9.80 Å². The van der Waals surface area contributed by atoms with Gasteiger partial charge >= 0.3 is 0 Å². The second-order valence-electron chi connectivity index (χ2n) is 8.17. The van der Waals surface area contributed by atoms with E-state index in [1.165, 1.54) is 11.1 Å². The fourth-order valence-electron chi connectivity index (χ4n) is 4.68. The first kappa shape index (κ1) is 21.8. The van der Waals surface area contributed by atoms with Crippen LogP contribution in [0.2, 0.25) is 0 Å². The topological polar surface area (TPSA) is 53.8 Å². The highest BCUT2D eigenvalue weighted by Gasteiger charge is 2.28. The van der Waals surface area contributed by atoms with Crippen molar-refractivity contribution in [1.29, 1.82) is 0 Å². The van der Waals surface area contributed by atoms with Crippen molar-refractivity contribution in [1.82, 2.24) is 19.4 Å². The van der Waals surface area contributed by atoms with Crippen LogP contribution in [0.15, 0.2) is 48.5 Å². The second-order valence-corrected chi connectivity index (χ2v) is 8.17. The molecule has 0 spiro atoms. The quantitative estimate of drug-likeness (QED) is 0.572. The van der Waals surface area contributed by atoms with Crippen molar-refractivity contribution in [2.45, 2.75) is 45.9 Å². The molecule has 3 aromatic rings. The lowest BCUT2D eigenvalue weighted by molar-refractivity contribution is 0.0478. The Hall–Kier alpha value is -2.41. The zero-order chi connectivity index (χ0) is 21.6. The number of nitrogens with zero attached hydrogens (tertiary/aromatic N) is 4. The van der Waals surface area contributed by atoms with E-state index in [4.69, 9.17) is 9.72 Å². The zero-order valence-electron chi connectivity index (χ0n) is 18.7. The summed E-state index contributed by atoms with van der Waals surface area (Å²) in [6.45, 7) is 10.6. The molecule has 2 aromatic carbocycles. The molecule has 1 aliphatic rings.